The maximum atomic E-state index is 12.6. The van der Waals surface area contributed by atoms with Gasteiger partial charge in [-0.1, -0.05) is 13.0 Å². The number of ketones is 1. The van der Waals surface area contributed by atoms with Gasteiger partial charge < -0.3 is 18.0 Å². The number of aliphatic hydroxyl groups excluding tert-OH is 1. The Bertz CT molecular complexity index is 749. The Morgan fingerprint density at radius 1 is 1.43 bits per heavy atom. The number of hydrogen-bond donors (Lipinski definition) is 2. The first-order chi connectivity index (χ1) is 10.9. The van der Waals surface area contributed by atoms with E-state index < -0.39 is 23.2 Å². The van der Waals surface area contributed by atoms with Crippen LogP contribution >= 0.6 is 23.0 Å². The molecule has 1 aromatic rings. The van der Waals surface area contributed by atoms with Crippen LogP contribution in [0.15, 0.2) is 12.1 Å². The first-order valence-electron chi connectivity index (χ1n) is 8.01. The molecule has 6 heteroatoms. The molecule has 3 aliphatic carbocycles. The second-order valence-corrected chi connectivity index (χ2v) is 7.89. The molecule has 0 saturated heterocycles. The summed E-state index contributed by atoms with van der Waals surface area (Å²) in [6, 6.07) is 3.90. The highest BCUT2D eigenvalue weighted by Crippen LogP contribution is 2.70. The summed E-state index contributed by atoms with van der Waals surface area (Å²) in [7, 11) is 0. The fourth-order valence-corrected chi connectivity index (χ4v) is 6.21. The molecule has 1 spiro atoms. The number of aliphatic hydroxyl groups is 2. The van der Waals surface area contributed by atoms with Crippen molar-refractivity contribution < 1.29 is 22.8 Å². The summed E-state index contributed by atoms with van der Waals surface area (Å²) in [5.41, 5.74) is -0.118. The minimum absolute atomic E-state index is 0.0539. The van der Waals surface area contributed by atoms with E-state index in [1.807, 2.05) is 19.1 Å². The maximum absolute atomic E-state index is 12.6. The van der Waals surface area contributed by atoms with Crippen LogP contribution in [0.4, 0.5) is 0 Å². The number of rotatable bonds is 1. The Morgan fingerprint density at radius 2 is 2.22 bits per heavy atom. The molecule has 0 aromatic heterocycles. The summed E-state index contributed by atoms with van der Waals surface area (Å²) in [5.74, 6) is 1.24. The lowest BCUT2D eigenvalue weighted by atomic mass is 9.50. The van der Waals surface area contributed by atoms with Crippen molar-refractivity contribution >= 4 is 28.8 Å². The molecule has 122 valence electrons. The number of halogens is 1. The first kappa shape index (κ1) is 14.5. The van der Waals surface area contributed by atoms with E-state index in [0.717, 1.165) is 17.5 Å². The number of ether oxygens (including phenoxy) is 1. The predicted molar refractivity (Wildman–Crippen MR) is 88.9 cm³/mol. The fourth-order valence-electron chi connectivity index (χ4n) is 5.86. The molecule has 5 nitrogen and oxygen atoms in total. The third kappa shape index (κ3) is 1.34. The van der Waals surface area contributed by atoms with Gasteiger partial charge in [-0.15, -0.1) is 0 Å². The molecule has 2 saturated carbocycles. The fraction of sp³-hybridized carbons (Fsp3) is 0.588. The van der Waals surface area contributed by atoms with Gasteiger partial charge in [0.25, 0.3) is 0 Å². The van der Waals surface area contributed by atoms with Crippen LogP contribution in [0.25, 0.3) is 0 Å². The zero-order valence-electron chi connectivity index (χ0n) is 12.6. The van der Waals surface area contributed by atoms with E-state index in [0.29, 0.717) is 23.8 Å². The van der Waals surface area contributed by atoms with Crippen molar-refractivity contribution in [2.45, 2.75) is 55.3 Å². The van der Waals surface area contributed by atoms with Crippen LogP contribution < -0.4 is 7.80 Å². The lowest BCUT2D eigenvalue weighted by Gasteiger charge is -2.56. The van der Waals surface area contributed by atoms with Gasteiger partial charge >= 0.3 is 0 Å². The van der Waals surface area contributed by atoms with Crippen LogP contribution in [0.2, 0.25) is 0 Å². The summed E-state index contributed by atoms with van der Waals surface area (Å²) in [4.78, 5) is 12.6. The molecule has 6 atom stereocenters. The normalized spacial score (nSPS) is 45.7. The zero-order valence-corrected chi connectivity index (χ0v) is 14.7. The maximum Gasteiger partial charge on any atom is 0.192 e. The first-order valence-corrected chi connectivity index (χ1v) is 8.89. The van der Waals surface area contributed by atoms with Gasteiger partial charge in [-0.05, 0) is 36.3 Å². The van der Waals surface area contributed by atoms with Crippen LogP contribution in [0.5, 0.6) is 11.5 Å². The summed E-state index contributed by atoms with van der Waals surface area (Å²) in [5, 5.41) is 22.3. The number of carbonyl (C=O) groups excluding carboxylic acids is 1. The highest BCUT2D eigenvalue weighted by atomic mass is 127. The minimum atomic E-state index is -1.33. The second kappa shape index (κ2) is 4.21. The quantitative estimate of drug-likeness (QED) is 0.670. The number of benzene rings is 1. The van der Waals surface area contributed by atoms with Crippen molar-refractivity contribution in [2.75, 3.05) is 0 Å². The number of Topliss-reactive ketones (excluding diaryl/α,β-unsaturated/α-hetero) is 1. The highest BCUT2D eigenvalue weighted by Gasteiger charge is 2.76. The van der Waals surface area contributed by atoms with Crippen molar-refractivity contribution in [1.29, 1.82) is 0 Å². The molecule has 1 aromatic carbocycles. The van der Waals surface area contributed by atoms with E-state index in [1.165, 1.54) is 0 Å². The van der Waals surface area contributed by atoms with Gasteiger partial charge in [0.2, 0.25) is 0 Å². The predicted octanol–water partition coefficient (Wildman–Crippen LogP) is 2.01. The monoisotopic (exact) mass is 428 g/mol. The lowest BCUT2D eigenvalue weighted by molar-refractivity contribution is -0.211. The third-order valence-corrected chi connectivity index (χ3v) is 7.15. The summed E-state index contributed by atoms with van der Waals surface area (Å²) >= 11 is 1.80. The van der Waals surface area contributed by atoms with Crippen molar-refractivity contribution in [2.24, 2.45) is 5.92 Å². The van der Waals surface area contributed by atoms with E-state index in [4.69, 9.17) is 7.80 Å². The molecule has 23 heavy (non-hydrogen) atoms. The molecule has 5 rings (SSSR count). The van der Waals surface area contributed by atoms with E-state index in [2.05, 4.69) is 0 Å². The number of hydrogen-bond acceptors (Lipinski definition) is 5. The van der Waals surface area contributed by atoms with Gasteiger partial charge in [0.15, 0.2) is 46.4 Å². The van der Waals surface area contributed by atoms with E-state index in [9.17, 15) is 15.0 Å². The lowest BCUT2D eigenvalue weighted by Crippen LogP contribution is -2.72. The highest BCUT2D eigenvalue weighted by molar-refractivity contribution is 14.1. The standard InChI is InChI=1S/C17H17IO5/c1-7-4-8-6-16-13-9(8)2-3-11(23-18)14(13)22-15(16)10(19)5-12(20)17(7,16)21/h2-3,7-8,12,15,20-21H,4-6H2,1H3/t7-,8?,12?,15?,16-,17?/m0/s1. The van der Waals surface area contributed by atoms with E-state index in [-0.39, 0.29) is 18.1 Å². The summed E-state index contributed by atoms with van der Waals surface area (Å²) < 4.78 is 11.4. The topological polar surface area (TPSA) is 76.0 Å². The summed E-state index contributed by atoms with van der Waals surface area (Å²) in [6.07, 6.45) is -0.347. The van der Waals surface area contributed by atoms with Gasteiger partial charge in [-0.3, -0.25) is 4.79 Å². The van der Waals surface area contributed by atoms with Crippen LogP contribution in [-0.2, 0) is 10.2 Å². The Balaban J connectivity index is 1.88. The number of carbonyl (C=O) groups is 1. The Kier molecular flexibility index (Phi) is 2.65. The zero-order chi connectivity index (χ0) is 16.1. The van der Waals surface area contributed by atoms with Gasteiger partial charge in [0.05, 0.1) is 11.5 Å². The second-order valence-electron chi connectivity index (χ2n) is 7.45. The minimum Gasteiger partial charge on any atom is -0.477 e. The molecule has 1 aliphatic heterocycles. The average Bonchev–Trinajstić information content (AvgIpc) is 3.01. The van der Waals surface area contributed by atoms with Crippen molar-refractivity contribution in [1.82, 2.24) is 0 Å². The van der Waals surface area contributed by atoms with Gasteiger partial charge in [-0.25, -0.2) is 0 Å². The molecule has 4 aliphatic rings. The smallest absolute Gasteiger partial charge is 0.192 e. The Labute approximate surface area is 147 Å². The molecule has 2 N–H and O–H groups in total. The molecule has 1 heterocycles. The molecular weight excluding hydrogens is 411 g/mol. The molecule has 2 bridgehead atoms. The molecular formula is C17H17IO5. The molecule has 0 amide bonds. The summed E-state index contributed by atoms with van der Waals surface area (Å²) in [6.45, 7) is 1.98. The Morgan fingerprint density at radius 3 is 2.96 bits per heavy atom. The van der Waals surface area contributed by atoms with Crippen molar-refractivity contribution in [3.63, 3.8) is 0 Å². The SMILES string of the molecule is C[C@H]1CC2C[C@]34c5c2ccc(OI)c5OC3C(=O)CC(O)C14O. The number of fused-ring (bicyclic) bond motifs is 2. The van der Waals surface area contributed by atoms with E-state index in [1.54, 1.807) is 23.0 Å². The molecule has 0 radical (unpaired) electrons. The van der Waals surface area contributed by atoms with Crippen molar-refractivity contribution in [3.8, 4) is 11.5 Å². The molecule has 4 unspecified atom stereocenters. The Hall–Kier alpha value is -0.860. The third-order valence-electron chi connectivity index (χ3n) is 6.67. The average molecular weight is 428 g/mol. The largest absolute Gasteiger partial charge is 0.477 e. The van der Waals surface area contributed by atoms with Crippen LogP contribution in [-0.4, -0.2) is 33.8 Å². The van der Waals surface area contributed by atoms with Gasteiger partial charge in [0.1, 0.15) is 5.60 Å². The van der Waals surface area contributed by atoms with Crippen LogP contribution in [0.3, 0.4) is 0 Å². The van der Waals surface area contributed by atoms with Gasteiger partial charge in [0, 0.05) is 12.0 Å². The van der Waals surface area contributed by atoms with Crippen molar-refractivity contribution in [3.05, 3.63) is 23.3 Å². The molecule has 2 fully saturated rings. The van der Waals surface area contributed by atoms with Crippen LogP contribution in [0.1, 0.15) is 43.2 Å². The van der Waals surface area contributed by atoms with Crippen LogP contribution in [0, 0.1) is 5.92 Å². The van der Waals surface area contributed by atoms with Gasteiger partial charge in [-0.2, -0.15) is 0 Å². The van der Waals surface area contributed by atoms with E-state index >= 15 is 0 Å².